The number of aliphatic hydroxyl groups is 1. The molecule has 1 N–H and O–H groups in total. The van der Waals surface area contributed by atoms with Crippen LogP contribution in [0.25, 0.3) is 0 Å². The summed E-state index contributed by atoms with van der Waals surface area (Å²) in [6.45, 7) is 1.29. The molecule has 3 atom stereocenters. The number of fused-ring (bicyclic) bond motifs is 2. The Balaban J connectivity index is 1.33. The first-order valence-corrected chi connectivity index (χ1v) is 9.06. The molecule has 0 aromatic carbocycles. The number of piperidine rings is 1. The van der Waals surface area contributed by atoms with E-state index in [9.17, 15) is 9.90 Å². The monoisotopic (exact) mass is 314 g/mol. The molecule has 4 rings (SSSR count). The van der Waals surface area contributed by atoms with Gasteiger partial charge in [0.25, 0.3) is 0 Å². The molecule has 124 valence electrons. The van der Waals surface area contributed by atoms with Crippen LogP contribution in [-0.2, 0) is 10.4 Å². The van der Waals surface area contributed by atoms with Crippen molar-refractivity contribution in [3.8, 4) is 0 Å². The fourth-order valence-electron chi connectivity index (χ4n) is 5.00. The third-order valence-corrected chi connectivity index (χ3v) is 6.41. The Hall–Kier alpha value is -1.42. The lowest BCUT2D eigenvalue weighted by atomic mass is 9.85. The fourth-order valence-corrected chi connectivity index (χ4v) is 5.00. The number of carbonyl (C=O) groups is 1. The van der Waals surface area contributed by atoms with Gasteiger partial charge < -0.3 is 10.0 Å². The van der Waals surface area contributed by atoms with Crippen LogP contribution in [-0.4, -0.2) is 34.0 Å². The van der Waals surface area contributed by atoms with Crippen molar-refractivity contribution in [1.82, 2.24) is 9.88 Å². The van der Waals surface area contributed by atoms with Crippen LogP contribution in [0.4, 0.5) is 0 Å². The second-order valence-electron chi connectivity index (χ2n) is 7.77. The molecule has 23 heavy (non-hydrogen) atoms. The zero-order chi connectivity index (χ0) is 15.9. The Bertz CT molecular complexity index is 566. The lowest BCUT2D eigenvalue weighted by molar-refractivity contribution is -0.137. The molecule has 3 fully saturated rings. The van der Waals surface area contributed by atoms with Gasteiger partial charge in [-0.05, 0) is 62.0 Å². The fraction of sp³-hybridized carbons (Fsp3) is 0.684. The number of rotatable bonds is 3. The van der Waals surface area contributed by atoms with Crippen LogP contribution in [0.2, 0.25) is 0 Å². The minimum atomic E-state index is -0.871. The zero-order valence-corrected chi connectivity index (χ0v) is 13.7. The van der Waals surface area contributed by atoms with Gasteiger partial charge in [0.2, 0.25) is 5.91 Å². The van der Waals surface area contributed by atoms with Gasteiger partial charge in [0.1, 0.15) is 5.60 Å². The van der Waals surface area contributed by atoms with Crippen molar-refractivity contribution >= 4 is 5.91 Å². The first-order valence-electron chi connectivity index (χ1n) is 9.06. The highest BCUT2D eigenvalue weighted by atomic mass is 16.3. The van der Waals surface area contributed by atoms with Crippen LogP contribution in [0.1, 0.15) is 50.6 Å². The number of carbonyl (C=O) groups excluding carboxylic acids is 1. The summed E-state index contributed by atoms with van der Waals surface area (Å²) in [5.41, 5.74) is -0.134. The van der Waals surface area contributed by atoms with Gasteiger partial charge in [-0.2, -0.15) is 0 Å². The Morgan fingerprint density at radius 2 is 2.09 bits per heavy atom. The number of amides is 1. The molecule has 0 spiro atoms. The van der Waals surface area contributed by atoms with Crippen molar-refractivity contribution in [3.05, 3.63) is 30.1 Å². The highest BCUT2D eigenvalue weighted by molar-refractivity contribution is 5.76. The van der Waals surface area contributed by atoms with Crippen LogP contribution >= 0.6 is 0 Å². The number of hydrogen-bond acceptors (Lipinski definition) is 3. The molecule has 4 nitrogen and oxygen atoms in total. The molecule has 2 aliphatic carbocycles. The number of nitrogens with zero attached hydrogens (tertiary/aromatic N) is 2. The molecule has 1 saturated heterocycles. The van der Waals surface area contributed by atoms with Gasteiger partial charge in [0.15, 0.2) is 0 Å². The van der Waals surface area contributed by atoms with Crippen LogP contribution in [0.5, 0.6) is 0 Å². The van der Waals surface area contributed by atoms with Crippen LogP contribution in [0.3, 0.4) is 0 Å². The van der Waals surface area contributed by atoms with Crippen molar-refractivity contribution in [1.29, 1.82) is 0 Å². The molecule has 2 heterocycles. The lowest BCUT2D eigenvalue weighted by Crippen LogP contribution is -2.46. The van der Waals surface area contributed by atoms with E-state index < -0.39 is 5.60 Å². The number of hydrogen-bond donors (Lipinski definition) is 1. The smallest absolute Gasteiger partial charge is 0.222 e. The average Bonchev–Trinajstić information content (AvgIpc) is 3.19. The molecule has 4 heteroatoms. The molecule has 0 unspecified atom stereocenters. The van der Waals surface area contributed by atoms with E-state index in [0.29, 0.717) is 37.8 Å². The van der Waals surface area contributed by atoms with Crippen LogP contribution < -0.4 is 0 Å². The Kier molecular flexibility index (Phi) is 3.88. The topological polar surface area (TPSA) is 53.4 Å². The molecule has 1 aromatic rings. The molecule has 1 aliphatic heterocycles. The van der Waals surface area contributed by atoms with Crippen LogP contribution in [0.15, 0.2) is 24.4 Å². The summed E-state index contributed by atoms with van der Waals surface area (Å²) in [5, 5.41) is 10.8. The predicted octanol–water partition coefficient (Wildman–Crippen LogP) is 2.72. The molecule has 2 saturated carbocycles. The van der Waals surface area contributed by atoms with E-state index >= 15 is 0 Å². The van der Waals surface area contributed by atoms with E-state index in [1.165, 1.54) is 25.7 Å². The first-order chi connectivity index (χ1) is 11.1. The average molecular weight is 314 g/mol. The van der Waals surface area contributed by atoms with Crippen molar-refractivity contribution < 1.29 is 9.90 Å². The van der Waals surface area contributed by atoms with Crippen LogP contribution in [0, 0.1) is 17.8 Å². The SMILES string of the molecule is O=C(C[C@@H]1C[C@H]2CC[C@@H]1C2)N1CCC(O)(c2ccccn2)CC1. The summed E-state index contributed by atoms with van der Waals surface area (Å²) in [4.78, 5) is 18.9. The minimum Gasteiger partial charge on any atom is -0.383 e. The third kappa shape index (κ3) is 2.89. The summed E-state index contributed by atoms with van der Waals surface area (Å²) >= 11 is 0. The summed E-state index contributed by atoms with van der Waals surface area (Å²) in [7, 11) is 0. The van der Waals surface area contributed by atoms with Gasteiger partial charge in [-0.3, -0.25) is 9.78 Å². The molecule has 0 radical (unpaired) electrons. The minimum absolute atomic E-state index is 0.297. The van der Waals surface area contributed by atoms with Crippen molar-refractivity contribution in [2.24, 2.45) is 17.8 Å². The Morgan fingerprint density at radius 1 is 1.26 bits per heavy atom. The number of aromatic nitrogens is 1. The predicted molar refractivity (Wildman–Crippen MR) is 87.5 cm³/mol. The largest absolute Gasteiger partial charge is 0.383 e. The molecular formula is C19H26N2O2. The van der Waals surface area contributed by atoms with Crippen molar-refractivity contribution in [2.75, 3.05) is 13.1 Å². The van der Waals surface area contributed by atoms with Gasteiger partial charge in [-0.25, -0.2) is 0 Å². The second-order valence-corrected chi connectivity index (χ2v) is 7.77. The van der Waals surface area contributed by atoms with Gasteiger partial charge >= 0.3 is 0 Å². The van der Waals surface area contributed by atoms with E-state index in [4.69, 9.17) is 0 Å². The summed E-state index contributed by atoms with van der Waals surface area (Å²) in [5.74, 6) is 2.62. The summed E-state index contributed by atoms with van der Waals surface area (Å²) in [6.07, 6.45) is 8.97. The first kappa shape index (κ1) is 15.1. The summed E-state index contributed by atoms with van der Waals surface area (Å²) in [6, 6.07) is 5.65. The van der Waals surface area contributed by atoms with Gasteiger partial charge in [-0.1, -0.05) is 12.5 Å². The maximum absolute atomic E-state index is 12.6. The van der Waals surface area contributed by atoms with E-state index in [-0.39, 0.29) is 0 Å². The molecule has 2 bridgehead atoms. The van der Waals surface area contributed by atoms with Crippen molar-refractivity contribution in [2.45, 2.75) is 50.5 Å². The molecule has 3 aliphatic rings. The third-order valence-electron chi connectivity index (χ3n) is 6.41. The normalized spacial score (nSPS) is 32.2. The van der Waals surface area contributed by atoms with E-state index in [0.717, 1.165) is 24.0 Å². The Labute approximate surface area is 137 Å². The number of likely N-dealkylation sites (tertiary alicyclic amines) is 1. The van der Waals surface area contributed by atoms with Gasteiger partial charge in [-0.15, -0.1) is 0 Å². The van der Waals surface area contributed by atoms with E-state index in [1.54, 1.807) is 6.20 Å². The molecule has 1 aromatic heterocycles. The highest BCUT2D eigenvalue weighted by Crippen LogP contribution is 2.49. The maximum Gasteiger partial charge on any atom is 0.222 e. The highest BCUT2D eigenvalue weighted by Gasteiger charge is 2.42. The quantitative estimate of drug-likeness (QED) is 0.933. The summed E-state index contributed by atoms with van der Waals surface area (Å²) < 4.78 is 0. The lowest BCUT2D eigenvalue weighted by Gasteiger charge is -2.38. The molecular weight excluding hydrogens is 288 g/mol. The van der Waals surface area contributed by atoms with Gasteiger partial charge in [0.05, 0.1) is 5.69 Å². The zero-order valence-electron chi connectivity index (χ0n) is 13.7. The standard InChI is InChI=1S/C19H26N2O2/c22-18(13-16-12-14-4-5-15(16)11-14)21-9-6-19(23,7-10-21)17-3-1-2-8-20-17/h1-3,8,14-16,23H,4-7,9-13H2/t14-,15+,16-/m0/s1. The second kappa shape index (κ2) is 5.90. The van der Waals surface area contributed by atoms with Crippen molar-refractivity contribution in [3.63, 3.8) is 0 Å². The maximum atomic E-state index is 12.6. The van der Waals surface area contributed by atoms with Gasteiger partial charge in [0, 0.05) is 25.7 Å². The Morgan fingerprint density at radius 3 is 2.70 bits per heavy atom. The number of pyridine rings is 1. The van der Waals surface area contributed by atoms with E-state index in [1.807, 2.05) is 23.1 Å². The van der Waals surface area contributed by atoms with E-state index in [2.05, 4.69) is 4.98 Å². The molecule has 1 amide bonds.